The van der Waals surface area contributed by atoms with Gasteiger partial charge in [0.05, 0.1) is 24.5 Å². The Kier molecular flexibility index (Phi) is 14.7. The van der Waals surface area contributed by atoms with E-state index in [9.17, 15) is 23.9 Å². The van der Waals surface area contributed by atoms with Crippen LogP contribution in [0.25, 0.3) is 0 Å². The highest BCUT2D eigenvalue weighted by Gasteiger charge is 2.27. The summed E-state index contributed by atoms with van der Waals surface area (Å²) in [6.07, 6.45) is 4.60. The highest BCUT2D eigenvalue weighted by Crippen LogP contribution is 2.18. The molecule has 0 saturated heterocycles. The molecule has 0 spiro atoms. The summed E-state index contributed by atoms with van der Waals surface area (Å²) in [6.45, 7) is 7.73. The van der Waals surface area contributed by atoms with Gasteiger partial charge in [0, 0.05) is 19.5 Å². The lowest BCUT2D eigenvalue weighted by molar-refractivity contribution is -0.149. The SMILES string of the molecule is C=CC[C@@H](CC(=O)N(CCO)Cc1ccccc1)C(=O)N[C@H](COC(=O)[C@@H](CC=C)Cc1ccc(F)cc1)Cc1ccccc1. The molecule has 0 unspecified atom stereocenters. The maximum atomic E-state index is 13.6. The summed E-state index contributed by atoms with van der Waals surface area (Å²) in [7, 11) is 0. The molecule has 2 N–H and O–H groups in total. The van der Waals surface area contributed by atoms with Gasteiger partial charge in [-0.25, -0.2) is 4.39 Å². The van der Waals surface area contributed by atoms with Crippen LogP contribution in [0.4, 0.5) is 4.39 Å². The number of hydrogen-bond acceptors (Lipinski definition) is 5. The number of aliphatic hydroxyl groups excluding tert-OH is 1. The first-order valence-electron chi connectivity index (χ1n) is 15.2. The fraction of sp³-hybridized carbons (Fsp3) is 0.324. The zero-order chi connectivity index (χ0) is 32.4. The zero-order valence-electron chi connectivity index (χ0n) is 25.7. The molecule has 7 nitrogen and oxygen atoms in total. The highest BCUT2D eigenvalue weighted by atomic mass is 19.1. The van der Waals surface area contributed by atoms with Crippen LogP contribution in [-0.4, -0.2) is 53.6 Å². The largest absolute Gasteiger partial charge is 0.463 e. The molecule has 0 saturated carbocycles. The summed E-state index contributed by atoms with van der Waals surface area (Å²) < 4.78 is 19.1. The third-order valence-corrected chi connectivity index (χ3v) is 7.46. The Labute approximate surface area is 265 Å². The van der Waals surface area contributed by atoms with Crippen LogP contribution < -0.4 is 5.32 Å². The lowest BCUT2D eigenvalue weighted by atomic mass is 9.96. The number of nitrogens with one attached hydrogen (secondary N) is 1. The maximum absolute atomic E-state index is 13.6. The van der Waals surface area contributed by atoms with Crippen molar-refractivity contribution in [2.75, 3.05) is 19.8 Å². The minimum absolute atomic E-state index is 0.0678. The lowest BCUT2D eigenvalue weighted by Gasteiger charge is -2.26. The van der Waals surface area contributed by atoms with E-state index < -0.39 is 23.8 Å². The van der Waals surface area contributed by atoms with Crippen molar-refractivity contribution < 1.29 is 28.6 Å². The van der Waals surface area contributed by atoms with Gasteiger partial charge in [-0.2, -0.15) is 0 Å². The van der Waals surface area contributed by atoms with Gasteiger partial charge in [-0.05, 0) is 54.5 Å². The van der Waals surface area contributed by atoms with Gasteiger partial charge in [0.1, 0.15) is 12.4 Å². The average Bonchev–Trinajstić information content (AvgIpc) is 3.04. The van der Waals surface area contributed by atoms with E-state index in [4.69, 9.17) is 4.74 Å². The molecule has 0 heterocycles. The molecule has 0 bridgehead atoms. The van der Waals surface area contributed by atoms with E-state index in [0.29, 0.717) is 25.8 Å². The first kappa shape index (κ1) is 34.9. The lowest BCUT2D eigenvalue weighted by Crippen LogP contribution is -2.45. The summed E-state index contributed by atoms with van der Waals surface area (Å²) in [6, 6.07) is 24.4. The summed E-state index contributed by atoms with van der Waals surface area (Å²) in [5, 5.41) is 12.6. The molecule has 0 aliphatic rings. The number of rotatable bonds is 19. The number of benzene rings is 3. The highest BCUT2D eigenvalue weighted by molar-refractivity contribution is 5.86. The predicted octanol–water partition coefficient (Wildman–Crippen LogP) is 5.43. The number of aliphatic hydroxyl groups is 1. The molecule has 0 radical (unpaired) electrons. The summed E-state index contributed by atoms with van der Waals surface area (Å²) in [4.78, 5) is 41.6. The second-order valence-electron chi connectivity index (χ2n) is 11.0. The second kappa shape index (κ2) is 19.0. The van der Waals surface area contributed by atoms with Gasteiger partial charge < -0.3 is 20.1 Å². The molecule has 3 atom stereocenters. The van der Waals surface area contributed by atoms with E-state index in [1.165, 1.54) is 12.1 Å². The number of ether oxygens (including phenoxy) is 1. The van der Waals surface area contributed by atoms with Crippen molar-refractivity contribution in [2.45, 2.75) is 44.7 Å². The van der Waals surface area contributed by atoms with Crippen LogP contribution in [0.1, 0.15) is 36.0 Å². The third kappa shape index (κ3) is 12.2. The van der Waals surface area contributed by atoms with Gasteiger partial charge in [0.25, 0.3) is 0 Å². The van der Waals surface area contributed by atoms with Crippen molar-refractivity contribution in [3.63, 3.8) is 0 Å². The number of nitrogens with zero attached hydrogens (tertiary/aromatic N) is 1. The van der Waals surface area contributed by atoms with Gasteiger partial charge in [-0.1, -0.05) is 84.9 Å². The van der Waals surface area contributed by atoms with Gasteiger partial charge in [0.15, 0.2) is 0 Å². The number of esters is 1. The van der Waals surface area contributed by atoms with E-state index in [2.05, 4.69) is 18.5 Å². The molecular weight excluding hydrogens is 571 g/mol. The van der Waals surface area contributed by atoms with Crippen molar-refractivity contribution in [3.05, 3.63) is 133 Å². The van der Waals surface area contributed by atoms with Crippen LogP contribution >= 0.6 is 0 Å². The number of carbonyl (C=O) groups excluding carboxylic acids is 3. The fourth-order valence-corrected chi connectivity index (χ4v) is 5.08. The average molecular weight is 615 g/mol. The topological polar surface area (TPSA) is 95.9 Å². The van der Waals surface area contributed by atoms with Gasteiger partial charge in [-0.15, -0.1) is 13.2 Å². The van der Waals surface area contributed by atoms with Crippen molar-refractivity contribution in [3.8, 4) is 0 Å². The Morgan fingerprint density at radius 2 is 1.40 bits per heavy atom. The number of carbonyl (C=O) groups is 3. The number of allylic oxidation sites excluding steroid dienone is 2. The van der Waals surface area contributed by atoms with Crippen LogP contribution in [0.15, 0.2) is 110 Å². The van der Waals surface area contributed by atoms with E-state index in [1.54, 1.807) is 29.2 Å². The van der Waals surface area contributed by atoms with Crippen LogP contribution in [0.3, 0.4) is 0 Å². The minimum Gasteiger partial charge on any atom is -0.463 e. The van der Waals surface area contributed by atoms with Crippen molar-refractivity contribution in [2.24, 2.45) is 11.8 Å². The van der Waals surface area contributed by atoms with Crippen molar-refractivity contribution in [1.29, 1.82) is 0 Å². The number of amides is 2. The molecule has 8 heteroatoms. The smallest absolute Gasteiger partial charge is 0.309 e. The molecule has 3 rings (SSSR count). The fourth-order valence-electron chi connectivity index (χ4n) is 5.08. The van der Waals surface area contributed by atoms with Gasteiger partial charge >= 0.3 is 5.97 Å². The molecule has 45 heavy (non-hydrogen) atoms. The van der Waals surface area contributed by atoms with E-state index >= 15 is 0 Å². The van der Waals surface area contributed by atoms with Crippen LogP contribution in [0.5, 0.6) is 0 Å². The molecule has 3 aromatic rings. The first-order valence-corrected chi connectivity index (χ1v) is 15.2. The Hall–Kier alpha value is -4.56. The van der Waals surface area contributed by atoms with E-state index in [-0.39, 0.29) is 50.2 Å². The Morgan fingerprint density at radius 1 is 0.822 bits per heavy atom. The summed E-state index contributed by atoms with van der Waals surface area (Å²) in [5.74, 6) is -2.62. The molecular formula is C37H43FN2O5. The Morgan fingerprint density at radius 3 is 2.00 bits per heavy atom. The molecule has 2 amide bonds. The summed E-state index contributed by atoms with van der Waals surface area (Å²) in [5.41, 5.74) is 2.66. The van der Waals surface area contributed by atoms with Crippen molar-refractivity contribution >= 4 is 17.8 Å². The van der Waals surface area contributed by atoms with Crippen LogP contribution in [0, 0.1) is 17.7 Å². The molecule has 0 fully saturated rings. The monoisotopic (exact) mass is 614 g/mol. The van der Waals surface area contributed by atoms with Crippen LogP contribution in [-0.2, 0) is 38.5 Å². The van der Waals surface area contributed by atoms with E-state index in [0.717, 1.165) is 16.7 Å². The molecule has 3 aromatic carbocycles. The molecule has 238 valence electrons. The molecule has 0 aliphatic carbocycles. The summed E-state index contributed by atoms with van der Waals surface area (Å²) >= 11 is 0. The molecule has 0 aromatic heterocycles. The normalized spacial score (nSPS) is 12.8. The predicted molar refractivity (Wildman–Crippen MR) is 173 cm³/mol. The Bertz CT molecular complexity index is 1360. The standard InChI is InChI=1S/C37H43FN2O5/c1-3-11-31(25-35(42)40(21-22-41)26-30-15-9-6-10-16-30)36(43)39-34(24-28-13-7-5-8-14-28)27-45-37(44)32(12-4-2)23-29-17-19-33(38)20-18-29/h3-10,13-20,31-32,34,41H,1-2,11-12,21-27H2,(H,39,43)/t31-,32-,34-/m0/s1. The Balaban J connectivity index is 1.70. The quantitative estimate of drug-likeness (QED) is 0.139. The van der Waals surface area contributed by atoms with Crippen molar-refractivity contribution in [1.82, 2.24) is 10.2 Å². The zero-order valence-corrected chi connectivity index (χ0v) is 25.7. The number of hydrogen-bond donors (Lipinski definition) is 2. The molecule has 0 aliphatic heterocycles. The first-order chi connectivity index (χ1) is 21.8. The maximum Gasteiger partial charge on any atom is 0.309 e. The van der Waals surface area contributed by atoms with Gasteiger partial charge in [-0.3, -0.25) is 14.4 Å². The van der Waals surface area contributed by atoms with E-state index in [1.807, 2.05) is 60.7 Å². The van der Waals surface area contributed by atoms with Gasteiger partial charge in [0.2, 0.25) is 11.8 Å². The minimum atomic E-state index is -0.701. The second-order valence-corrected chi connectivity index (χ2v) is 11.0. The number of halogens is 1. The third-order valence-electron chi connectivity index (χ3n) is 7.46. The van der Waals surface area contributed by atoms with Crippen LogP contribution in [0.2, 0.25) is 0 Å².